The number of hydrogen-bond donors (Lipinski definition) is 0. The quantitative estimate of drug-likeness (QED) is 0.618. The Kier molecular flexibility index (Phi) is 5.20. The van der Waals surface area contributed by atoms with Crippen LogP contribution in [0.25, 0.3) is 11.3 Å². The number of carbonyl (C=O) groups is 2. The number of esters is 1. The van der Waals surface area contributed by atoms with Gasteiger partial charge in [0.15, 0.2) is 6.61 Å². The van der Waals surface area contributed by atoms with Crippen LogP contribution in [0.5, 0.6) is 0 Å². The third-order valence-corrected chi connectivity index (χ3v) is 4.46. The monoisotopic (exact) mass is 392 g/mol. The topological polar surface area (TPSA) is 72.1 Å². The van der Waals surface area contributed by atoms with Crippen molar-refractivity contribution < 1.29 is 23.1 Å². The molecule has 6 nitrogen and oxygen atoms in total. The van der Waals surface area contributed by atoms with E-state index in [0.717, 1.165) is 11.3 Å². The van der Waals surface area contributed by atoms with Crippen LogP contribution < -0.4 is 0 Å². The Morgan fingerprint density at radius 1 is 1.00 bits per heavy atom. The molecule has 0 fully saturated rings. The maximum Gasteiger partial charge on any atom is 0.374 e. The molecule has 146 valence electrons. The summed E-state index contributed by atoms with van der Waals surface area (Å²) in [5, 5.41) is 5.62. The number of amides is 1. The highest BCUT2D eigenvalue weighted by molar-refractivity contribution is 6.02. The highest BCUT2D eigenvalue weighted by Crippen LogP contribution is 2.23. The molecular weight excluding hydrogens is 375 g/mol. The molecule has 0 radical (unpaired) electrons. The van der Waals surface area contributed by atoms with Crippen molar-refractivity contribution in [1.29, 1.82) is 0 Å². The fourth-order valence-electron chi connectivity index (χ4n) is 2.96. The molecule has 0 bridgehead atoms. The molecule has 1 aromatic heterocycles. The van der Waals surface area contributed by atoms with E-state index in [1.807, 2.05) is 30.3 Å². The Labute approximate surface area is 166 Å². The second-order valence-electron chi connectivity index (χ2n) is 6.43. The van der Waals surface area contributed by atoms with Crippen molar-refractivity contribution >= 4 is 17.6 Å². The average Bonchev–Trinajstić information content (AvgIpc) is 3.43. The molecule has 0 unspecified atom stereocenters. The predicted molar refractivity (Wildman–Crippen MR) is 104 cm³/mol. The Morgan fingerprint density at radius 3 is 2.52 bits per heavy atom. The lowest BCUT2D eigenvalue weighted by atomic mass is 10.1. The van der Waals surface area contributed by atoms with E-state index in [4.69, 9.17) is 9.15 Å². The molecule has 29 heavy (non-hydrogen) atoms. The lowest BCUT2D eigenvalue weighted by Crippen LogP contribution is -2.28. The summed E-state index contributed by atoms with van der Waals surface area (Å²) in [7, 11) is 0. The normalized spacial score (nSPS) is 13.3. The Balaban J connectivity index is 1.35. The van der Waals surface area contributed by atoms with Gasteiger partial charge in [0.2, 0.25) is 5.76 Å². The third-order valence-electron chi connectivity index (χ3n) is 4.46. The summed E-state index contributed by atoms with van der Waals surface area (Å²) in [6.45, 7) is 0.00701. The van der Waals surface area contributed by atoms with Crippen molar-refractivity contribution in [2.24, 2.45) is 5.10 Å². The van der Waals surface area contributed by atoms with Crippen LogP contribution in [0.2, 0.25) is 0 Å². The summed E-state index contributed by atoms with van der Waals surface area (Å²) < 4.78 is 23.5. The van der Waals surface area contributed by atoms with Crippen molar-refractivity contribution in [2.45, 2.75) is 6.42 Å². The lowest BCUT2D eigenvalue weighted by Gasteiger charge is -2.11. The molecule has 0 saturated carbocycles. The molecule has 0 spiro atoms. The minimum absolute atomic E-state index is 0.0352. The number of furan rings is 1. The van der Waals surface area contributed by atoms with E-state index in [0.29, 0.717) is 24.3 Å². The highest BCUT2D eigenvalue weighted by atomic mass is 19.1. The van der Waals surface area contributed by atoms with Gasteiger partial charge in [-0.25, -0.2) is 14.2 Å². The van der Waals surface area contributed by atoms with Gasteiger partial charge in [-0.15, -0.1) is 0 Å². The number of nitrogens with zero attached hydrogens (tertiary/aromatic N) is 2. The Bertz CT molecular complexity index is 1060. The molecular formula is C22H17FN2O4. The fourth-order valence-corrected chi connectivity index (χ4v) is 2.96. The van der Waals surface area contributed by atoms with Crippen LogP contribution in [0.1, 0.15) is 22.5 Å². The SMILES string of the molecule is O=C(OCC(=O)N1CCC(c2ccccc2)=N1)c1ccc(-c2ccc(F)cc2)o1. The molecule has 7 heteroatoms. The van der Waals surface area contributed by atoms with E-state index >= 15 is 0 Å². The van der Waals surface area contributed by atoms with Crippen molar-refractivity contribution in [3.63, 3.8) is 0 Å². The summed E-state index contributed by atoms with van der Waals surface area (Å²) in [5.41, 5.74) is 2.41. The van der Waals surface area contributed by atoms with Crippen LogP contribution >= 0.6 is 0 Å². The van der Waals surface area contributed by atoms with Gasteiger partial charge in [-0.1, -0.05) is 30.3 Å². The first-order valence-electron chi connectivity index (χ1n) is 9.06. The van der Waals surface area contributed by atoms with Crippen molar-refractivity contribution in [3.8, 4) is 11.3 Å². The molecule has 0 aliphatic carbocycles. The highest BCUT2D eigenvalue weighted by Gasteiger charge is 2.23. The van der Waals surface area contributed by atoms with Gasteiger partial charge in [-0.3, -0.25) is 4.79 Å². The Morgan fingerprint density at radius 2 is 1.76 bits per heavy atom. The number of hydrazone groups is 1. The first kappa shape index (κ1) is 18.6. The molecule has 0 saturated heterocycles. The Hall–Kier alpha value is -3.74. The van der Waals surface area contributed by atoms with Gasteiger partial charge in [0.05, 0.1) is 12.3 Å². The number of rotatable bonds is 5. The number of halogens is 1. The van der Waals surface area contributed by atoms with Gasteiger partial charge < -0.3 is 9.15 Å². The van der Waals surface area contributed by atoms with E-state index < -0.39 is 18.5 Å². The third kappa shape index (κ3) is 4.24. The van der Waals surface area contributed by atoms with Gasteiger partial charge >= 0.3 is 5.97 Å². The smallest absolute Gasteiger partial charge is 0.374 e. The van der Waals surface area contributed by atoms with Gasteiger partial charge in [0.25, 0.3) is 5.91 Å². The molecule has 2 aromatic carbocycles. The van der Waals surface area contributed by atoms with Crippen LogP contribution in [0.4, 0.5) is 4.39 Å². The van der Waals surface area contributed by atoms with Crippen molar-refractivity contribution in [3.05, 3.63) is 83.9 Å². The maximum atomic E-state index is 13.0. The predicted octanol–water partition coefficient (Wildman–Crippen LogP) is 3.88. The second kappa shape index (κ2) is 8.10. The maximum absolute atomic E-state index is 13.0. The number of carbonyl (C=O) groups excluding carboxylic acids is 2. The minimum atomic E-state index is -0.752. The molecule has 3 aromatic rings. The summed E-state index contributed by atoms with van der Waals surface area (Å²) in [6.07, 6.45) is 0.642. The molecule has 2 heterocycles. The summed E-state index contributed by atoms with van der Waals surface area (Å²) >= 11 is 0. The first-order valence-corrected chi connectivity index (χ1v) is 9.06. The van der Waals surface area contributed by atoms with Crippen LogP contribution in [0.15, 0.2) is 76.2 Å². The number of ether oxygens (including phenoxy) is 1. The van der Waals surface area contributed by atoms with Gasteiger partial charge in [0, 0.05) is 12.0 Å². The van der Waals surface area contributed by atoms with Gasteiger partial charge in [-0.2, -0.15) is 5.10 Å². The second-order valence-corrected chi connectivity index (χ2v) is 6.43. The van der Waals surface area contributed by atoms with Crippen LogP contribution in [0, 0.1) is 5.82 Å². The average molecular weight is 392 g/mol. The van der Waals surface area contributed by atoms with E-state index in [-0.39, 0.29) is 11.6 Å². The van der Waals surface area contributed by atoms with Crippen LogP contribution in [-0.2, 0) is 9.53 Å². The van der Waals surface area contributed by atoms with E-state index in [9.17, 15) is 14.0 Å². The standard InChI is InChI=1S/C22H17FN2O4/c23-17-8-6-16(7-9-17)19-10-11-20(29-19)22(27)28-14-21(26)25-13-12-18(24-25)15-4-2-1-3-5-15/h1-11H,12-14H2. The molecule has 4 rings (SSSR count). The van der Waals surface area contributed by atoms with Crippen molar-refractivity contribution in [2.75, 3.05) is 13.2 Å². The first-order chi connectivity index (χ1) is 14.1. The zero-order valence-electron chi connectivity index (χ0n) is 15.4. The number of benzene rings is 2. The zero-order valence-corrected chi connectivity index (χ0v) is 15.4. The summed E-state index contributed by atoms with van der Waals surface area (Å²) in [5.74, 6) is -1.15. The fraction of sp³-hybridized carbons (Fsp3) is 0.136. The van der Waals surface area contributed by atoms with E-state index in [2.05, 4.69) is 5.10 Å². The van der Waals surface area contributed by atoms with Crippen molar-refractivity contribution in [1.82, 2.24) is 5.01 Å². The summed E-state index contributed by atoms with van der Waals surface area (Å²) in [6, 6.07) is 18.3. The largest absolute Gasteiger partial charge is 0.450 e. The number of hydrogen-bond acceptors (Lipinski definition) is 5. The molecule has 1 amide bonds. The summed E-state index contributed by atoms with van der Waals surface area (Å²) in [4.78, 5) is 24.5. The van der Waals surface area contributed by atoms with Crippen LogP contribution in [-0.4, -0.2) is 35.7 Å². The van der Waals surface area contributed by atoms with Crippen LogP contribution in [0.3, 0.4) is 0 Å². The molecule has 0 N–H and O–H groups in total. The minimum Gasteiger partial charge on any atom is -0.450 e. The van der Waals surface area contributed by atoms with Gasteiger partial charge in [0.1, 0.15) is 11.6 Å². The molecule has 1 aliphatic heterocycles. The van der Waals surface area contributed by atoms with E-state index in [1.54, 1.807) is 18.2 Å². The van der Waals surface area contributed by atoms with E-state index in [1.165, 1.54) is 23.2 Å². The lowest BCUT2D eigenvalue weighted by molar-refractivity contribution is -0.134. The van der Waals surface area contributed by atoms with Gasteiger partial charge in [-0.05, 0) is 42.0 Å². The zero-order chi connectivity index (χ0) is 20.2. The molecule has 1 aliphatic rings. The molecule has 0 atom stereocenters.